The molecule has 1 aromatic heterocycles. The van der Waals surface area contributed by atoms with Crippen molar-refractivity contribution < 1.29 is 4.79 Å². The van der Waals surface area contributed by atoms with Crippen LogP contribution >= 0.6 is 0 Å². The lowest BCUT2D eigenvalue weighted by molar-refractivity contribution is -0.120. The average Bonchev–Trinajstić information content (AvgIpc) is 2.90. The smallest absolute Gasteiger partial charge is 0.140 e. The van der Waals surface area contributed by atoms with E-state index in [1.807, 2.05) is 31.6 Å². The van der Waals surface area contributed by atoms with Crippen LogP contribution in [0.25, 0.3) is 0 Å². The number of hydrogen-bond donors (Lipinski definition) is 1. The minimum Gasteiger partial charge on any atom is -0.385 e. The van der Waals surface area contributed by atoms with Gasteiger partial charge in [-0.15, -0.1) is 0 Å². The second kappa shape index (κ2) is 5.49. The number of rotatable bonds is 4. The Morgan fingerprint density at radius 3 is 3.10 bits per heavy atom. The van der Waals surface area contributed by atoms with E-state index in [0.717, 1.165) is 36.2 Å². The number of benzene rings is 1. The largest absolute Gasteiger partial charge is 0.385 e. The summed E-state index contributed by atoms with van der Waals surface area (Å²) in [5, 5.41) is 7.50. The van der Waals surface area contributed by atoms with E-state index in [1.54, 1.807) is 4.68 Å². The highest BCUT2D eigenvalue weighted by Crippen LogP contribution is 2.32. The van der Waals surface area contributed by atoms with Crippen LogP contribution in [0.1, 0.15) is 29.9 Å². The predicted molar refractivity (Wildman–Crippen MR) is 78.8 cm³/mol. The molecule has 0 saturated heterocycles. The van der Waals surface area contributed by atoms with Crippen LogP contribution in [0, 0.1) is 0 Å². The molecule has 0 fully saturated rings. The van der Waals surface area contributed by atoms with Crippen molar-refractivity contribution in [2.24, 2.45) is 7.05 Å². The van der Waals surface area contributed by atoms with E-state index >= 15 is 0 Å². The molecule has 0 aliphatic carbocycles. The zero-order chi connectivity index (χ0) is 13.9. The summed E-state index contributed by atoms with van der Waals surface area (Å²) in [7, 11) is 1.90. The van der Waals surface area contributed by atoms with Gasteiger partial charge in [-0.3, -0.25) is 9.48 Å². The van der Waals surface area contributed by atoms with Gasteiger partial charge in [0.05, 0.1) is 6.20 Å². The lowest BCUT2D eigenvalue weighted by Gasteiger charge is -2.25. The van der Waals surface area contributed by atoms with Crippen LogP contribution in [0.5, 0.6) is 0 Å². The van der Waals surface area contributed by atoms with E-state index in [-0.39, 0.29) is 5.92 Å². The molecule has 1 atom stereocenters. The van der Waals surface area contributed by atoms with Gasteiger partial charge in [0.1, 0.15) is 5.78 Å². The minimum atomic E-state index is 0.0455. The van der Waals surface area contributed by atoms with Gasteiger partial charge >= 0.3 is 0 Å². The molecule has 0 bridgehead atoms. The van der Waals surface area contributed by atoms with Crippen molar-refractivity contribution in [3.8, 4) is 0 Å². The fraction of sp³-hybridized carbons (Fsp3) is 0.375. The number of Topliss-reactive ketones (excluding diaryl/α,β-unsaturated/α-hetero) is 1. The third-order valence-electron chi connectivity index (χ3n) is 3.89. The summed E-state index contributed by atoms with van der Waals surface area (Å²) in [5.74, 6) is 0.381. The monoisotopic (exact) mass is 269 g/mol. The molecule has 2 aromatic rings. The average molecular weight is 269 g/mol. The highest BCUT2D eigenvalue weighted by atomic mass is 16.1. The molecule has 1 N–H and O–H groups in total. The number of nitrogens with zero attached hydrogens (tertiary/aromatic N) is 2. The molecule has 104 valence electrons. The van der Waals surface area contributed by atoms with Crippen LogP contribution in [0.3, 0.4) is 0 Å². The standard InChI is InChI=1S/C16H19N3O/c1-19-11-12(10-18-19)6-7-16(20)14-8-9-17-15-5-3-2-4-13(14)15/h2-5,10-11,14,17H,6-9H2,1H3. The Labute approximate surface area is 118 Å². The molecule has 4 heteroatoms. The number of hydrogen-bond acceptors (Lipinski definition) is 3. The van der Waals surface area contributed by atoms with Crippen molar-refractivity contribution in [3.05, 3.63) is 47.8 Å². The Hall–Kier alpha value is -2.10. The second-order valence-corrected chi connectivity index (χ2v) is 5.34. The third-order valence-corrected chi connectivity index (χ3v) is 3.89. The molecule has 0 amide bonds. The van der Waals surface area contributed by atoms with Crippen molar-refractivity contribution >= 4 is 11.5 Å². The molecule has 1 aliphatic heterocycles. The van der Waals surface area contributed by atoms with Gasteiger partial charge < -0.3 is 5.32 Å². The van der Waals surface area contributed by atoms with E-state index < -0.39 is 0 Å². The first-order valence-electron chi connectivity index (χ1n) is 7.07. The van der Waals surface area contributed by atoms with Crippen molar-refractivity contribution in [1.82, 2.24) is 9.78 Å². The molecule has 20 heavy (non-hydrogen) atoms. The van der Waals surface area contributed by atoms with Gasteiger partial charge in [0.15, 0.2) is 0 Å². The van der Waals surface area contributed by atoms with E-state index in [2.05, 4.69) is 22.5 Å². The fourth-order valence-corrected chi connectivity index (χ4v) is 2.85. The summed E-state index contributed by atoms with van der Waals surface area (Å²) in [6.07, 6.45) is 6.07. The Kier molecular flexibility index (Phi) is 3.54. The molecule has 1 aromatic carbocycles. The Bertz CT molecular complexity index is 618. The summed E-state index contributed by atoms with van der Waals surface area (Å²) in [4.78, 5) is 12.5. The maximum absolute atomic E-state index is 12.5. The van der Waals surface area contributed by atoms with Crippen LogP contribution in [0.2, 0.25) is 0 Å². The maximum Gasteiger partial charge on any atom is 0.140 e. The van der Waals surface area contributed by atoms with E-state index in [0.29, 0.717) is 12.2 Å². The predicted octanol–water partition coefficient (Wildman–Crippen LogP) is 2.52. The third kappa shape index (κ3) is 2.59. The molecular formula is C16H19N3O. The van der Waals surface area contributed by atoms with Gasteiger partial charge in [0.2, 0.25) is 0 Å². The van der Waals surface area contributed by atoms with Gasteiger partial charge in [-0.1, -0.05) is 18.2 Å². The Balaban J connectivity index is 1.69. The number of aryl methyl sites for hydroxylation is 2. The van der Waals surface area contributed by atoms with Crippen LogP contribution < -0.4 is 5.32 Å². The summed E-state index contributed by atoms with van der Waals surface area (Å²) >= 11 is 0. The lowest BCUT2D eigenvalue weighted by atomic mass is 9.85. The number of anilines is 1. The molecule has 2 heterocycles. The summed E-state index contributed by atoms with van der Waals surface area (Å²) in [5.41, 5.74) is 3.39. The fourth-order valence-electron chi connectivity index (χ4n) is 2.85. The summed E-state index contributed by atoms with van der Waals surface area (Å²) in [6, 6.07) is 8.13. The maximum atomic E-state index is 12.5. The molecule has 0 spiro atoms. The van der Waals surface area contributed by atoms with Crippen LogP contribution in [0.4, 0.5) is 5.69 Å². The second-order valence-electron chi connectivity index (χ2n) is 5.34. The highest BCUT2D eigenvalue weighted by molar-refractivity contribution is 5.88. The SMILES string of the molecule is Cn1cc(CCC(=O)C2CCNc3ccccc32)cn1. The molecule has 4 nitrogen and oxygen atoms in total. The van der Waals surface area contributed by atoms with Crippen molar-refractivity contribution in [2.75, 3.05) is 11.9 Å². The molecule has 1 aliphatic rings. The number of carbonyl (C=O) groups excluding carboxylic acids is 1. The summed E-state index contributed by atoms with van der Waals surface area (Å²) < 4.78 is 1.78. The summed E-state index contributed by atoms with van der Waals surface area (Å²) in [6.45, 7) is 0.875. The van der Waals surface area contributed by atoms with E-state index in [1.165, 1.54) is 0 Å². The molecule has 1 unspecified atom stereocenters. The zero-order valence-corrected chi connectivity index (χ0v) is 11.7. The first kappa shape index (κ1) is 12.9. The molecule has 3 rings (SSSR count). The minimum absolute atomic E-state index is 0.0455. The van der Waals surface area contributed by atoms with Crippen LogP contribution in [-0.2, 0) is 18.3 Å². The number of aromatic nitrogens is 2. The number of carbonyl (C=O) groups is 1. The van der Waals surface area contributed by atoms with Gasteiger partial charge in [-0.2, -0.15) is 5.10 Å². The van der Waals surface area contributed by atoms with Gasteiger partial charge in [0.25, 0.3) is 0 Å². The van der Waals surface area contributed by atoms with E-state index in [9.17, 15) is 4.79 Å². The first-order valence-corrected chi connectivity index (χ1v) is 7.07. The highest BCUT2D eigenvalue weighted by Gasteiger charge is 2.25. The van der Waals surface area contributed by atoms with Gasteiger partial charge in [-0.25, -0.2) is 0 Å². The normalized spacial score (nSPS) is 17.4. The van der Waals surface area contributed by atoms with Crippen molar-refractivity contribution in [3.63, 3.8) is 0 Å². The topological polar surface area (TPSA) is 46.9 Å². The van der Waals surface area contributed by atoms with Crippen LogP contribution in [-0.4, -0.2) is 22.1 Å². The Morgan fingerprint density at radius 2 is 2.30 bits per heavy atom. The van der Waals surface area contributed by atoms with Gasteiger partial charge in [-0.05, 0) is 30.0 Å². The quantitative estimate of drug-likeness (QED) is 0.927. The van der Waals surface area contributed by atoms with Crippen molar-refractivity contribution in [2.45, 2.75) is 25.2 Å². The number of ketones is 1. The number of para-hydroxylation sites is 1. The zero-order valence-electron chi connectivity index (χ0n) is 11.7. The van der Waals surface area contributed by atoms with Crippen LogP contribution in [0.15, 0.2) is 36.7 Å². The first-order chi connectivity index (χ1) is 9.74. The molecular weight excluding hydrogens is 250 g/mol. The number of fused-ring (bicyclic) bond motifs is 1. The molecule has 0 radical (unpaired) electrons. The van der Waals surface area contributed by atoms with Crippen molar-refractivity contribution in [1.29, 1.82) is 0 Å². The van der Waals surface area contributed by atoms with Gasteiger partial charge in [0, 0.05) is 37.8 Å². The molecule has 0 saturated carbocycles. The lowest BCUT2D eigenvalue weighted by Crippen LogP contribution is -2.23. The Morgan fingerprint density at radius 1 is 1.45 bits per heavy atom. The van der Waals surface area contributed by atoms with E-state index in [4.69, 9.17) is 0 Å². The number of nitrogens with one attached hydrogen (secondary N) is 1.